The first kappa shape index (κ1) is 27.0. The summed E-state index contributed by atoms with van der Waals surface area (Å²) in [6.45, 7) is 12.5. The Morgan fingerprint density at radius 3 is 2.22 bits per heavy atom. The predicted octanol–water partition coefficient (Wildman–Crippen LogP) is 10.6. The molecule has 1 unspecified atom stereocenters. The van der Waals surface area contributed by atoms with Gasteiger partial charge >= 0.3 is 0 Å². The average molecular weight is 476 g/mol. The van der Waals surface area contributed by atoms with Crippen molar-refractivity contribution in [1.82, 2.24) is 4.57 Å². The van der Waals surface area contributed by atoms with Gasteiger partial charge in [-0.2, -0.15) is 0 Å². The molecule has 0 bridgehead atoms. The second-order valence-corrected chi connectivity index (χ2v) is 8.94. The molecule has 0 radical (unpaired) electrons. The molecule has 186 valence electrons. The van der Waals surface area contributed by atoms with E-state index in [-0.39, 0.29) is 0 Å². The lowest BCUT2D eigenvalue weighted by Crippen LogP contribution is -2.06. The molecular formula is C35H41N. The summed E-state index contributed by atoms with van der Waals surface area (Å²) in [7, 11) is 0. The van der Waals surface area contributed by atoms with Gasteiger partial charge in [0.05, 0.1) is 6.04 Å². The van der Waals surface area contributed by atoms with Crippen molar-refractivity contribution < 1.29 is 0 Å². The monoisotopic (exact) mass is 475 g/mol. The minimum absolute atomic E-state index is 0.421. The fourth-order valence-electron chi connectivity index (χ4n) is 4.58. The second kappa shape index (κ2) is 13.5. The SMILES string of the molecule is C/C=C(\C=C/CC)c1ccc(C)cc1.CC.Cc1ccc2c(c1)c1ccccc1n2C1C=CC=CC1. The van der Waals surface area contributed by atoms with Gasteiger partial charge < -0.3 is 4.57 Å². The molecule has 0 N–H and O–H groups in total. The molecule has 1 heteroatoms. The van der Waals surface area contributed by atoms with Crippen LogP contribution < -0.4 is 0 Å². The first-order valence-electron chi connectivity index (χ1n) is 13.3. The molecule has 5 rings (SSSR count). The van der Waals surface area contributed by atoms with Crippen molar-refractivity contribution in [3.8, 4) is 0 Å². The molecule has 36 heavy (non-hydrogen) atoms. The highest BCUT2D eigenvalue weighted by atomic mass is 15.0. The van der Waals surface area contributed by atoms with Crippen molar-refractivity contribution in [1.29, 1.82) is 0 Å². The normalized spacial score (nSPS) is 15.1. The summed E-state index contributed by atoms with van der Waals surface area (Å²) >= 11 is 0. The highest BCUT2D eigenvalue weighted by Gasteiger charge is 2.16. The quantitative estimate of drug-likeness (QED) is 0.259. The van der Waals surface area contributed by atoms with E-state index in [2.05, 4.69) is 142 Å². The zero-order valence-electron chi connectivity index (χ0n) is 22.8. The smallest absolute Gasteiger partial charge is 0.0560 e. The summed E-state index contributed by atoms with van der Waals surface area (Å²) in [5.41, 5.74) is 7.89. The highest BCUT2D eigenvalue weighted by Crippen LogP contribution is 2.34. The van der Waals surface area contributed by atoms with Crippen LogP contribution in [0.25, 0.3) is 27.4 Å². The van der Waals surface area contributed by atoms with E-state index in [1.807, 2.05) is 13.8 Å². The van der Waals surface area contributed by atoms with Gasteiger partial charge in [0.15, 0.2) is 0 Å². The van der Waals surface area contributed by atoms with Crippen molar-refractivity contribution >= 4 is 27.4 Å². The fraction of sp³-hybridized carbons (Fsp3) is 0.257. The summed E-state index contributed by atoms with van der Waals surface area (Å²) in [5.74, 6) is 0. The van der Waals surface area contributed by atoms with Crippen molar-refractivity contribution in [2.75, 3.05) is 0 Å². The topological polar surface area (TPSA) is 4.93 Å². The van der Waals surface area contributed by atoms with E-state index in [0.29, 0.717) is 6.04 Å². The zero-order chi connectivity index (χ0) is 25.9. The lowest BCUT2D eigenvalue weighted by molar-refractivity contribution is 0.648. The molecule has 0 saturated carbocycles. The van der Waals surface area contributed by atoms with E-state index in [1.165, 1.54) is 44.1 Å². The van der Waals surface area contributed by atoms with E-state index >= 15 is 0 Å². The van der Waals surface area contributed by atoms with Gasteiger partial charge in [-0.25, -0.2) is 0 Å². The lowest BCUT2D eigenvalue weighted by atomic mass is 10.0. The van der Waals surface area contributed by atoms with Gasteiger partial charge in [-0.15, -0.1) is 0 Å². The predicted molar refractivity (Wildman–Crippen MR) is 162 cm³/mol. The Morgan fingerprint density at radius 2 is 1.56 bits per heavy atom. The van der Waals surface area contributed by atoms with Crippen LogP contribution in [0.5, 0.6) is 0 Å². The molecule has 0 fully saturated rings. The third kappa shape index (κ3) is 6.34. The minimum atomic E-state index is 0.421. The molecule has 0 amide bonds. The zero-order valence-corrected chi connectivity index (χ0v) is 22.8. The molecule has 0 aliphatic heterocycles. The molecule has 4 aromatic rings. The van der Waals surface area contributed by atoms with Crippen molar-refractivity contribution in [3.05, 3.63) is 126 Å². The maximum Gasteiger partial charge on any atom is 0.0560 e. The van der Waals surface area contributed by atoms with Gasteiger partial charge in [0.25, 0.3) is 0 Å². The summed E-state index contributed by atoms with van der Waals surface area (Å²) in [6, 6.07) is 24.6. The van der Waals surface area contributed by atoms with Crippen LogP contribution in [0.2, 0.25) is 0 Å². The van der Waals surface area contributed by atoms with Crippen LogP contribution in [-0.2, 0) is 0 Å². The molecule has 1 aliphatic rings. The first-order chi connectivity index (χ1) is 17.6. The van der Waals surface area contributed by atoms with E-state index in [4.69, 9.17) is 0 Å². The van der Waals surface area contributed by atoms with E-state index in [1.54, 1.807) is 0 Å². The molecule has 0 saturated heterocycles. The maximum absolute atomic E-state index is 2.48. The van der Waals surface area contributed by atoms with Crippen molar-refractivity contribution in [2.24, 2.45) is 0 Å². The number of fused-ring (bicyclic) bond motifs is 3. The third-order valence-corrected chi connectivity index (χ3v) is 6.38. The van der Waals surface area contributed by atoms with E-state index in [9.17, 15) is 0 Å². The number of hydrogen-bond acceptors (Lipinski definition) is 0. The summed E-state index contributed by atoms with van der Waals surface area (Å²) < 4.78 is 2.48. The van der Waals surface area contributed by atoms with Crippen LogP contribution in [0.4, 0.5) is 0 Å². The van der Waals surface area contributed by atoms with Crippen LogP contribution in [0, 0.1) is 13.8 Å². The van der Waals surface area contributed by atoms with Crippen LogP contribution in [0.15, 0.2) is 109 Å². The average Bonchev–Trinajstić information content (AvgIpc) is 3.25. The number of benzene rings is 3. The maximum atomic E-state index is 2.48. The standard InChI is InChI=1S/C19H17N.C14H18.C2H6/c1-14-11-12-19-17(13-14)16-9-5-6-10-18(16)20(19)15-7-3-2-4-8-15;1-4-6-7-13(5-2)14-10-8-12(3)9-11-14;1-2/h2-7,9-13,15H,8H2,1H3;5-11H,4H2,1-3H3;1-2H3/b;7-6-,13-5+;. The number of hydrogen-bond donors (Lipinski definition) is 0. The van der Waals surface area contributed by atoms with Gasteiger partial charge in [-0.3, -0.25) is 0 Å². The van der Waals surface area contributed by atoms with Crippen LogP contribution >= 0.6 is 0 Å². The Bertz CT molecular complexity index is 1370. The largest absolute Gasteiger partial charge is 0.333 e. The summed E-state index contributed by atoms with van der Waals surface area (Å²) in [4.78, 5) is 0. The second-order valence-electron chi connectivity index (χ2n) is 8.94. The third-order valence-electron chi connectivity index (χ3n) is 6.38. The van der Waals surface area contributed by atoms with Crippen molar-refractivity contribution in [2.45, 2.75) is 60.4 Å². The van der Waals surface area contributed by atoms with Crippen LogP contribution in [0.1, 0.15) is 63.3 Å². The first-order valence-corrected chi connectivity index (χ1v) is 13.3. The van der Waals surface area contributed by atoms with Crippen LogP contribution in [0.3, 0.4) is 0 Å². The number of allylic oxidation sites excluding steroid dienone is 8. The molecule has 1 atom stereocenters. The van der Waals surface area contributed by atoms with Gasteiger partial charge in [0.2, 0.25) is 0 Å². The lowest BCUT2D eigenvalue weighted by Gasteiger charge is -2.18. The van der Waals surface area contributed by atoms with Crippen molar-refractivity contribution in [3.63, 3.8) is 0 Å². The number of nitrogens with zero attached hydrogens (tertiary/aromatic N) is 1. The minimum Gasteiger partial charge on any atom is -0.333 e. The van der Waals surface area contributed by atoms with E-state index < -0.39 is 0 Å². The molecule has 1 aromatic heterocycles. The number of aromatic nitrogens is 1. The van der Waals surface area contributed by atoms with Gasteiger partial charge in [-0.1, -0.05) is 123 Å². The molecule has 1 aliphatic carbocycles. The molecule has 3 aromatic carbocycles. The Labute approximate surface area is 218 Å². The van der Waals surface area contributed by atoms with Crippen LogP contribution in [-0.4, -0.2) is 4.57 Å². The number of rotatable bonds is 4. The Balaban J connectivity index is 0.000000200. The fourth-order valence-corrected chi connectivity index (χ4v) is 4.58. The van der Waals surface area contributed by atoms with Gasteiger partial charge in [-0.05, 0) is 62.9 Å². The molecule has 1 heterocycles. The summed E-state index contributed by atoms with van der Waals surface area (Å²) in [5, 5.41) is 2.72. The molecule has 1 nitrogen and oxygen atoms in total. The van der Waals surface area contributed by atoms with Gasteiger partial charge in [0, 0.05) is 21.8 Å². The molecular weight excluding hydrogens is 434 g/mol. The molecule has 0 spiro atoms. The number of para-hydroxylation sites is 1. The van der Waals surface area contributed by atoms with E-state index in [0.717, 1.165) is 12.8 Å². The Kier molecular flexibility index (Phi) is 10.1. The number of aryl methyl sites for hydroxylation is 2. The Hall–Kier alpha value is -3.58. The highest BCUT2D eigenvalue weighted by molar-refractivity contribution is 6.08. The van der Waals surface area contributed by atoms with Gasteiger partial charge in [0.1, 0.15) is 0 Å². The summed E-state index contributed by atoms with van der Waals surface area (Å²) in [6.07, 6.45) is 17.5. The Morgan fingerprint density at radius 1 is 0.861 bits per heavy atom.